The normalized spacial score (nSPS) is 10.3. The summed E-state index contributed by atoms with van der Waals surface area (Å²) in [5.41, 5.74) is 1.04. The number of amides is 1. The van der Waals surface area contributed by atoms with Crippen molar-refractivity contribution < 1.29 is 14.3 Å². The SMILES string of the molecule is Cc1cc(NC(=O)c2cc(F)cnc2Cl)ccc1O. The van der Waals surface area contributed by atoms with E-state index in [1.54, 1.807) is 13.0 Å². The number of aryl methyl sites for hydroxylation is 1. The molecule has 0 saturated carbocycles. The topological polar surface area (TPSA) is 62.2 Å². The Balaban J connectivity index is 2.25. The van der Waals surface area contributed by atoms with Gasteiger partial charge in [0.1, 0.15) is 16.7 Å². The van der Waals surface area contributed by atoms with Crippen LogP contribution < -0.4 is 5.32 Å². The molecule has 0 saturated heterocycles. The van der Waals surface area contributed by atoms with Gasteiger partial charge in [-0.1, -0.05) is 11.6 Å². The van der Waals surface area contributed by atoms with Gasteiger partial charge >= 0.3 is 0 Å². The summed E-state index contributed by atoms with van der Waals surface area (Å²) in [6.07, 6.45) is 0.934. The molecule has 98 valence electrons. The zero-order valence-corrected chi connectivity index (χ0v) is 10.7. The van der Waals surface area contributed by atoms with E-state index >= 15 is 0 Å². The van der Waals surface area contributed by atoms with E-state index in [0.717, 1.165) is 12.3 Å². The lowest BCUT2D eigenvalue weighted by molar-refractivity contribution is 0.102. The summed E-state index contributed by atoms with van der Waals surface area (Å²) in [6.45, 7) is 1.70. The summed E-state index contributed by atoms with van der Waals surface area (Å²) in [5.74, 6) is -1.08. The first kappa shape index (κ1) is 13.3. The smallest absolute Gasteiger partial charge is 0.258 e. The number of hydrogen-bond donors (Lipinski definition) is 2. The fourth-order valence-corrected chi connectivity index (χ4v) is 1.70. The molecule has 0 unspecified atom stereocenters. The summed E-state index contributed by atoms with van der Waals surface area (Å²) in [6, 6.07) is 5.59. The zero-order chi connectivity index (χ0) is 14.0. The summed E-state index contributed by atoms with van der Waals surface area (Å²) in [5, 5.41) is 11.9. The van der Waals surface area contributed by atoms with Gasteiger partial charge in [0.25, 0.3) is 5.91 Å². The molecule has 6 heteroatoms. The van der Waals surface area contributed by atoms with Crippen LogP contribution in [-0.4, -0.2) is 16.0 Å². The molecule has 2 rings (SSSR count). The molecule has 1 heterocycles. The minimum atomic E-state index is -0.642. The third kappa shape index (κ3) is 3.00. The third-order valence-corrected chi connectivity index (χ3v) is 2.81. The first-order chi connectivity index (χ1) is 8.97. The van der Waals surface area contributed by atoms with E-state index in [1.165, 1.54) is 12.1 Å². The lowest BCUT2D eigenvalue weighted by Crippen LogP contribution is -2.13. The van der Waals surface area contributed by atoms with Crippen molar-refractivity contribution in [2.75, 3.05) is 5.32 Å². The molecule has 19 heavy (non-hydrogen) atoms. The number of nitrogens with one attached hydrogen (secondary N) is 1. The monoisotopic (exact) mass is 280 g/mol. The number of phenolic OH excluding ortho intramolecular Hbond substituents is 1. The number of nitrogens with zero attached hydrogens (tertiary/aromatic N) is 1. The van der Waals surface area contributed by atoms with Gasteiger partial charge in [-0.15, -0.1) is 0 Å². The molecule has 1 aromatic carbocycles. The second-order valence-electron chi connectivity index (χ2n) is 3.95. The zero-order valence-electron chi connectivity index (χ0n) is 9.95. The van der Waals surface area contributed by atoms with Crippen LogP contribution in [0.15, 0.2) is 30.5 Å². The Labute approximate surface area is 113 Å². The van der Waals surface area contributed by atoms with Crippen LogP contribution in [0.1, 0.15) is 15.9 Å². The molecular weight excluding hydrogens is 271 g/mol. The number of halogens is 2. The summed E-state index contributed by atoms with van der Waals surface area (Å²) < 4.78 is 13.0. The van der Waals surface area contributed by atoms with Crippen LogP contribution in [0.5, 0.6) is 5.75 Å². The van der Waals surface area contributed by atoms with Gasteiger partial charge in [-0.25, -0.2) is 9.37 Å². The van der Waals surface area contributed by atoms with Crippen molar-refractivity contribution in [3.63, 3.8) is 0 Å². The van der Waals surface area contributed by atoms with Crippen LogP contribution in [0.25, 0.3) is 0 Å². The maximum absolute atomic E-state index is 13.0. The second kappa shape index (κ2) is 5.24. The highest BCUT2D eigenvalue weighted by atomic mass is 35.5. The summed E-state index contributed by atoms with van der Waals surface area (Å²) in [7, 11) is 0. The largest absolute Gasteiger partial charge is 0.508 e. The molecule has 0 atom stereocenters. The standard InChI is InChI=1S/C13H10ClFN2O2/c1-7-4-9(2-3-11(7)18)17-13(19)10-5-8(15)6-16-12(10)14/h2-6,18H,1H3,(H,17,19). The first-order valence-corrected chi connectivity index (χ1v) is 5.77. The predicted octanol–water partition coefficient (Wildman–Crippen LogP) is 3.14. The average Bonchev–Trinajstić information content (AvgIpc) is 2.36. The Morgan fingerprint density at radius 2 is 2.16 bits per heavy atom. The van der Waals surface area contributed by atoms with Crippen molar-refractivity contribution in [2.45, 2.75) is 6.92 Å². The second-order valence-corrected chi connectivity index (χ2v) is 4.31. The number of carbonyl (C=O) groups excluding carboxylic acids is 1. The first-order valence-electron chi connectivity index (χ1n) is 5.39. The van der Waals surface area contributed by atoms with E-state index in [2.05, 4.69) is 10.3 Å². The quantitative estimate of drug-likeness (QED) is 0.656. The molecule has 2 N–H and O–H groups in total. The molecule has 2 aromatic rings. The number of carbonyl (C=O) groups is 1. The van der Waals surface area contributed by atoms with Gasteiger partial charge in [0.15, 0.2) is 0 Å². The molecule has 4 nitrogen and oxygen atoms in total. The molecule has 1 amide bonds. The van der Waals surface area contributed by atoms with Crippen molar-refractivity contribution in [1.29, 1.82) is 0 Å². The van der Waals surface area contributed by atoms with Crippen LogP contribution in [0.2, 0.25) is 5.15 Å². The van der Waals surface area contributed by atoms with Crippen molar-refractivity contribution in [1.82, 2.24) is 4.98 Å². The maximum Gasteiger partial charge on any atom is 0.258 e. The van der Waals surface area contributed by atoms with Crippen LogP contribution in [0, 0.1) is 12.7 Å². The highest BCUT2D eigenvalue weighted by Gasteiger charge is 2.13. The van der Waals surface area contributed by atoms with Gasteiger partial charge in [-0.05, 0) is 36.8 Å². The van der Waals surface area contributed by atoms with Gasteiger partial charge in [-0.2, -0.15) is 0 Å². The van der Waals surface area contributed by atoms with Crippen LogP contribution in [-0.2, 0) is 0 Å². The van der Waals surface area contributed by atoms with Crippen LogP contribution in [0.3, 0.4) is 0 Å². The molecule has 0 aliphatic heterocycles. The summed E-state index contributed by atoms with van der Waals surface area (Å²) in [4.78, 5) is 15.5. The Hall–Kier alpha value is -2.14. The van der Waals surface area contributed by atoms with Crippen LogP contribution >= 0.6 is 11.6 Å². The van der Waals surface area contributed by atoms with Crippen molar-refractivity contribution in [3.8, 4) is 5.75 Å². The highest BCUT2D eigenvalue weighted by Crippen LogP contribution is 2.21. The Bertz CT molecular complexity index is 647. The van der Waals surface area contributed by atoms with E-state index in [-0.39, 0.29) is 16.5 Å². The highest BCUT2D eigenvalue weighted by molar-refractivity contribution is 6.33. The van der Waals surface area contributed by atoms with E-state index in [0.29, 0.717) is 11.3 Å². The number of phenols is 1. The van der Waals surface area contributed by atoms with Crippen LogP contribution in [0.4, 0.5) is 10.1 Å². The molecule has 0 aliphatic carbocycles. The molecule has 1 aromatic heterocycles. The van der Waals surface area contributed by atoms with Gasteiger partial charge in [0.2, 0.25) is 0 Å². The number of rotatable bonds is 2. The van der Waals surface area contributed by atoms with Crippen molar-refractivity contribution in [2.24, 2.45) is 0 Å². The molecule has 0 radical (unpaired) electrons. The fourth-order valence-electron chi connectivity index (χ4n) is 1.51. The lowest BCUT2D eigenvalue weighted by atomic mass is 10.2. The van der Waals surface area contributed by atoms with Gasteiger partial charge in [0, 0.05) is 5.69 Å². The van der Waals surface area contributed by atoms with E-state index in [9.17, 15) is 14.3 Å². The Morgan fingerprint density at radius 1 is 1.42 bits per heavy atom. The molecule has 0 fully saturated rings. The number of benzene rings is 1. The van der Waals surface area contributed by atoms with Gasteiger partial charge in [-0.3, -0.25) is 4.79 Å². The number of hydrogen-bond acceptors (Lipinski definition) is 3. The molecule has 0 bridgehead atoms. The summed E-state index contributed by atoms with van der Waals surface area (Å²) >= 11 is 5.74. The third-order valence-electron chi connectivity index (χ3n) is 2.50. The number of pyridine rings is 1. The van der Waals surface area contributed by atoms with Gasteiger partial charge < -0.3 is 10.4 Å². The Kier molecular flexibility index (Phi) is 3.66. The molecule has 0 aliphatic rings. The van der Waals surface area contributed by atoms with Gasteiger partial charge in [0.05, 0.1) is 11.8 Å². The minimum Gasteiger partial charge on any atom is -0.508 e. The van der Waals surface area contributed by atoms with E-state index in [4.69, 9.17) is 11.6 Å². The minimum absolute atomic E-state index is 0.0487. The molecular formula is C13H10ClFN2O2. The molecule has 0 spiro atoms. The van der Waals surface area contributed by atoms with Crippen molar-refractivity contribution >= 4 is 23.2 Å². The Morgan fingerprint density at radius 3 is 2.84 bits per heavy atom. The number of anilines is 1. The average molecular weight is 281 g/mol. The maximum atomic E-state index is 13.0. The number of aromatic nitrogens is 1. The fraction of sp³-hybridized carbons (Fsp3) is 0.0769. The predicted molar refractivity (Wildman–Crippen MR) is 70.0 cm³/mol. The lowest BCUT2D eigenvalue weighted by Gasteiger charge is -2.08. The van der Waals surface area contributed by atoms with Crippen molar-refractivity contribution in [3.05, 3.63) is 52.6 Å². The van der Waals surface area contributed by atoms with E-state index in [1.807, 2.05) is 0 Å². The van der Waals surface area contributed by atoms with E-state index < -0.39 is 11.7 Å². The number of aromatic hydroxyl groups is 1.